The van der Waals surface area contributed by atoms with Crippen molar-refractivity contribution in [1.82, 2.24) is 9.88 Å². The summed E-state index contributed by atoms with van der Waals surface area (Å²) in [5.74, 6) is -0.143. The van der Waals surface area contributed by atoms with Gasteiger partial charge in [0.2, 0.25) is 0 Å². The lowest BCUT2D eigenvalue weighted by Gasteiger charge is -2.29. The summed E-state index contributed by atoms with van der Waals surface area (Å²) in [6.45, 7) is 5.20. The van der Waals surface area contributed by atoms with Gasteiger partial charge in [0, 0.05) is 30.9 Å². The summed E-state index contributed by atoms with van der Waals surface area (Å²) in [4.78, 5) is 24.4. The van der Waals surface area contributed by atoms with Gasteiger partial charge >= 0.3 is 5.97 Å². The maximum absolute atomic E-state index is 12.5. The lowest BCUT2D eigenvalue weighted by atomic mass is 10.0. The molecule has 6 nitrogen and oxygen atoms in total. The van der Waals surface area contributed by atoms with E-state index in [0.717, 1.165) is 25.9 Å². The zero-order chi connectivity index (χ0) is 26.4. The van der Waals surface area contributed by atoms with E-state index in [1.54, 1.807) is 18.5 Å². The number of esters is 1. The van der Waals surface area contributed by atoms with Crippen LogP contribution in [-0.4, -0.2) is 53.4 Å². The second kappa shape index (κ2) is 25.9. The molecule has 1 atom stereocenters. The Morgan fingerprint density at radius 2 is 1.54 bits per heavy atom. The molecule has 9 heteroatoms. The molecule has 0 N–H and O–H groups in total. The minimum atomic E-state index is -0.352. The van der Waals surface area contributed by atoms with Gasteiger partial charge in [-0.25, -0.2) is 0 Å². The Morgan fingerprint density at radius 3 is 2.10 bits per heavy atom. The standard InChI is InChI=1S/C30H50ClN3O3.2ClH/c1-2-3-4-5-6-7-8-9-10-11-12-13-15-20-29(35)37-28(25-34-22-16-14-17-23-34)26-36-33-30(31)27-19-18-21-32-24-27;;/h18-19,21,24,28H,2-17,20,22-23,25-26H2,1H3;2*1H/b33-30-;;. The molecule has 1 aromatic rings. The van der Waals surface area contributed by atoms with Crippen LogP contribution < -0.4 is 0 Å². The fourth-order valence-electron chi connectivity index (χ4n) is 4.80. The third-order valence-electron chi connectivity index (χ3n) is 7.00. The molecule has 2 rings (SSSR count). The van der Waals surface area contributed by atoms with E-state index >= 15 is 0 Å². The minimum absolute atomic E-state index is 0. The molecule has 0 aromatic carbocycles. The molecular formula is C30H52Cl3N3O3. The van der Waals surface area contributed by atoms with Crippen LogP contribution in [0.25, 0.3) is 0 Å². The molecule has 226 valence electrons. The van der Waals surface area contributed by atoms with Crippen molar-refractivity contribution in [2.24, 2.45) is 5.16 Å². The number of oxime groups is 1. The summed E-state index contributed by atoms with van der Waals surface area (Å²) in [7, 11) is 0. The van der Waals surface area contributed by atoms with Gasteiger partial charge in [-0.2, -0.15) is 0 Å². The number of hydrogen-bond donors (Lipinski definition) is 0. The molecule has 1 fully saturated rings. The Morgan fingerprint density at radius 1 is 0.949 bits per heavy atom. The molecule has 0 amide bonds. The van der Waals surface area contributed by atoms with Crippen LogP contribution in [0.1, 0.15) is 122 Å². The van der Waals surface area contributed by atoms with Gasteiger partial charge in [0.1, 0.15) is 0 Å². The van der Waals surface area contributed by atoms with E-state index in [1.807, 2.05) is 6.07 Å². The van der Waals surface area contributed by atoms with Crippen molar-refractivity contribution in [3.05, 3.63) is 30.1 Å². The van der Waals surface area contributed by atoms with Gasteiger partial charge in [-0.1, -0.05) is 107 Å². The number of carbonyl (C=O) groups excluding carboxylic acids is 1. The summed E-state index contributed by atoms with van der Waals surface area (Å²) in [6, 6.07) is 3.62. The van der Waals surface area contributed by atoms with Gasteiger partial charge in [0.05, 0.1) is 0 Å². The van der Waals surface area contributed by atoms with Gasteiger partial charge in [-0.15, -0.1) is 24.8 Å². The zero-order valence-electron chi connectivity index (χ0n) is 24.0. The van der Waals surface area contributed by atoms with Crippen molar-refractivity contribution in [2.75, 3.05) is 26.2 Å². The highest BCUT2D eigenvalue weighted by Crippen LogP contribution is 2.15. The number of rotatable bonds is 21. The number of aromatic nitrogens is 1. The molecule has 0 bridgehead atoms. The Kier molecular flexibility index (Phi) is 25.1. The molecule has 1 aliphatic rings. The fraction of sp³-hybridized carbons (Fsp3) is 0.767. The summed E-state index contributed by atoms with van der Waals surface area (Å²) in [6.07, 6.45) is 23.8. The van der Waals surface area contributed by atoms with Gasteiger partial charge in [0.15, 0.2) is 17.9 Å². The van der Waals surface area contributed by atoms with Crippen LogP contribution in [0.3, 0.4) is 0 Å². The topological polar surface area (TPSA) is 64.0 Å². The second-order valence-corrected chi connectivity index (χ2v) is 10.7. The summed E-state index contributed by atoms with van der Waals surface area (Å²) >= 11 is 6.22. The van der Waals surface area contributed by atoms with E-state index in [-0.39, 0.29) is 48.7 Å². The average molecular weight is 609 g/mol. The zero-order valence-corrected chi connectivity index (χ0v) is 26.4. The maximum atomic E-state index is 12.5. The molecule has 0 spiro atoms. The van der Waals surface area contributed by atoms with E-state index in [2.05, 4.69) is 22.0 Å². The Balaban J connectivity index is 0.00000722. The first-order valence-corrected chi connectivity index (χ1v) is 15.2. The monoisotopic (exact) mass is 607 g/mol. The molecule has 1 aliphatic heterocycles. The van der Waals surface area contributed by atoms with Crippen LogP contribution in [0.5, 0.6) is 0 Å². The summed E-state index contributed by atoms with van der Waals surface area (Å²) in [5, 5.41) is 4.24. The molecule has 0 saturated carbocycles. The molecule has 2 heterocycles. The number of hydrogen-bond acceptors (Lipinski definition) is 6. The highest BCUT2D eigenvalue weighted by atomic mass is 35.5. The first-order chi connectivity index (χ1) is 18.2. The van der Waals surface area contributed by atoms with Gasteiger partial charge < -0.3 is 9.57 Å². The van der Waals surface area contributed by atoms with Gasteiger partial charge in [-0.05, 0) is 44.5 Å². The van der Waals surface area contributed by atoms with Crippen molar-refractivity contribution < 1.29 is 14.4 Å². The van der Waals surface area contributed by atoms with Crippen LogP contribution in [0.2, 0.25) is 0 Å². The lowest BCUT2D eigenvalue weighted by molar-refractivity contribution is -0.153. The highest BCUT2D eigenvalue weighted by Gasteiger charge is 2.21. The van der Waals surface area contributed by atoms with Crippen LogP contribution >= 0.6 is 36.4 Å². The molecule has 1 aromatic heterocycles. The lowest BCUT2D eigenvalue weighted by Crippen LogP contribution is -2.40. The number of carbonyl (C=O) groups is 1. The van der Waals surface area contributed by atoms with Crippen molar-refractivity contribution in [3.63, 3.8) is 0 Å². The number of ether oxygens (including phenoxy) is 1. The Bertz CT molecular complexity index is 735. The minimum Gasteiger partial charge on any atom is -0.457 e. The normalized spacial score (nSPS) is 14.7. The number of unbranched alkanes of at least 4 members (excludes halogenated alkanes) is 12. The Hall–Kier alpha value is -1.08. The molecule has 1 unspecified atom stereocenters. The van der Waals surface area contributed by atoms with Crippen LogP contribution in [0.4, 0.5) is 0 Å². The summed E-state index contributed by atoms with van der Waals surface area (Å²) in [5.41, 5.74) is 0.691. The van der Waals surface area contributed by atoms with Crippen LogP contribution in [-0.2, 0) is 14.4 Å². The van der Waals surface area contributed by atoms with E-state index in [4.69, 9.17) is 21.2 Å². The first-order valence-electron chi connectivity index (χ1n) is 14.9. The van der Waals surface area contributed by atoms with Crippen LogP contribution in [0, 0.1) is 0 Å². The van der Waals surface area contributed by atoms with Crippen molar-refractivity contribution in [1.29, 1.82) is 0 Å². The van der Waals surface area contributed by atoms with Crippen LogP contribution in [0.15, 0.2) is 29.7 Å². The van der Waals surface area contributed by atoms with Crippen molar-refractivity contribution in [3.8, 4) is 0 Å². The SMILES string of the molecule is CCCCCCCCCCCCCCCC(=O)OC(CO/N=C(\Cl)c1cccnc1)CN1CCCCC1.Cl.Cl. The number of nitrogens with zero attached hydrogens (tertiary/aromatic N) is 3. The van der Waals surface area contributed by atoms with E-state index in [0.29, 0.717) is 18.5 Å². The molecule has 0 aliphatic carbocycles. The highest BCUT2D eigenvalue weighted by molar-refractivity contribution is 6.69. The third-order valence-corrected chi connectivity index (χ3v) is 7.29. The maximum Gasteiger partial charge on any atom is 0.306 e. The van der Waals surface area contributed by atoms with Crippen molar-refractivity contribution in [2.45, 2.75) is 122 Å². The average Bonchev–Trinajstić information content (AvgIpc) is 2.92. The third kappa shape index (κ3) is 19.6. The number of piperidine rings is 1. The number of likely N-dealkylation sites (tertiary alicyclic amines) is 1. The Labute approximate surface area is 254 Å². The van der Waals surface area contributed by atoms with E-state index in [9.17, 15) is 4.79 Å². The first kappa shape index (κ1) is 37.9. The summed E-state index contributed by atoms with van der Waals surface area (Å²) < 4.78 is 5.82. The quantitative estimate of drug-likeness (QED) is 0.0604. The molecular weight excluding hydrogens is 557 g/mol. The molecule has 39 heavy (non-hydrogen) atoms. The molecule has 1 saturated heterocycles. The van der Waals surface area contributed by atoms with E-state index < -0.39 is 0 Å². The predicted octanol–water partition coefficient (Wildman–Crippen LogP) is 8.72. The largest absolute Gasteiger partial charge is 0.457 e. The number of halogens is 3. The van der Waals surface area contributed by atoms with Crippen molar-refractivity contribution >= 4 is 47.6 Å². The number of pyridine rings is 1. The second-order valence-electron chi connectivity index (χ2n) is 10.4. The predicted molar refractivity (Wildman–Crippen MR) is 168 cm³/mol. The van der Waals surface area contributed by atoms with Gasteiger partial charge in [0.25, 0.3) is 0 Å². The fourth-order valence-corrected chi connectivity index (χ4v) is 4.96. The molecule has 0 radical (unpaired) electrons. The van der Waals surface area contributed by atoms with Gasteiger partial charge in [-0.3, -0.25) is 14.7 Å². The smallest absolute Gasteiger partial charge is 0.306 e. The van der Waals surface area contributed by atoms with E-state index in [1.165, 1.54) is 89.9 Å².